The summed E-state index contributed by atoms with van der Waals surface area (Å²) >= 11 is 0. The number of benzene rings is 1. The zero-order valence-corrected chi connectivity index (χ0v) is 10.3. The van der Waals surface area contributed by atoms with Gasteiger partial charge < -0.3 is 4.79 Å². The van der Waals surface area contributed by atoms with Crippen LogP contribution >= 0.6 is 0 Å². The normalized spacial score (nSPS) is 7.17. The summed E-state index contributed by atoms with van der Waals surface area (Å²) in [6.45, 7) is 7.63. The van der Waals surface area contributed by atoms with Crippen molar-refractivity contribution in [3.63, 3.8) is 0 Å². The summed E-state index contributed by atoms with van der Waals surface area (Å²) in [4.78, 5) is 10.1. The molecular weight excluding hydrogens is 320 g/mol. The molecule has 1 nitrogen and oxygen atoms in total. The van der Waals surface area contributed by atoms with Crippen LogP contribution in [0.3, 0.4) is 0 Å². The van der Waals surface area contributed by atoms with Crippen molar-refractivity contribution in [3.05, 3.63) is 42.3 Å². The SMILES string of the molecule is CC.[CH2-]c1ccccc1[C-]=O.[W+2]. The fraction of sp³-hybridized carbons (Fsp3) is 0.200. The average molecular weight is 332 g/mol. The molecule has 0 fully saturated rings. The van der Waals surface area contributed by atoms with Crippen LogP contribution in [0.2, 0.25) is 0 Å². The van der Waals surface area contributed by atoms with Crippen molar-refractivity contribution in [2.45, 2.75) is 13.8 Å². The average Bonchev–Trinajstić information content (AvgIpc) is 2.09. The molecule has 1 rings (SSSR count). The number of carbonyl (C=O) groups excluding carboxylic acids is 1. The van der Waals surface area contributed by atoms with Crippen LogP contribution in [-0.2, 0) is 25.9 Å². The topological polar surface area (TPSA) is 17.1 Å². The van der Waals surface area contributed by atoms with Crippen LogP contribution in [0.25, 0.3) is 0 Å². The molecule has 2 heteroatoms. The minimum atomic E-state index is 0. The van der Waals surface area contributed by atoms with E-state index in [0.29, 0.717) is 5.56 Å². The zero-order valence-electron chi connectivity index (χ0n) is 7.33. The summed E-state index contributed by atoms with van der Waals surface area (Å²) in [5.74, 6) is 0. The molecule has 64 valence electrons. The Labute approximate surface area is 88.4 Å². The van der Waals surface area contributed by atoms with E-state index in [0.717, 1.165) is 5.56 Å². The summed E-state index contributed by atoms with van der Waals surface area (Å²) < 4.78 is 0. The van der Waals surface area contributed by atoms with Gasteiger partial charge in [-0.05, 0) is 6.29 Å². The molecule has 0 bridgehead atoms. The van der Waals surface area contributed by atoms with Gasteiger partial charge in [-0.1, -0.05) is 13.8 Å². The summed E-state index contributed by atoms with van der Waals surface area (Å²) in [6, 6.07) is 7.09. The molecule has 1 aromatic rings. The largest absolute Gasteiger partial charge is 2.00 e. The molecule has 0 atom stereocenters. The molecule has 0 saturated carbocycles. The molecule has 0 aromatic heterocycles. The predicted octanol–water partition coefficient (Wildman–Crippen LogP) is 2.35. The molecule has 12 heavy (non-hydrogen) atoms. The number of hydrogen-bond donors (Lipinski definition) is 0. The third kappa shape index (κ3) is 4.35. The maximum Gasteiger partial charge on any atom is 2.00 e. The molecule has 0 amide bonds. The van der Waals surface area contributed by atoms with Crippen LogP contribution in [0.4, 0.5) is 0 Å². The van der Waals surface area contributed by atoms with Gasteiger partial charge in [-0.2, -0.15) is 0 Å². The van der Waals surface area contributed by atoms with Crippen LogP contribution in [0.5, 0.6) is 0 Å². The zero-order chi connectivity index (χ0) is 8.69. The molecule has 0 heterocycles. The second-order valence-corrected chi connectivity index (χ2v) is 1.76. The van der Waals surface area contributed by atoms with Crippen LogP contribution in [0.15, 0.2) is 24.3 Å². The van der Waals surface area contributed by atoms with Crippen molar-refractivity contribution in [1.29, 1.82) is 0 Å². The maximum atomic E-state index is 10.1. The van der Waals surface area contributed by atoms with Gasteiger partial charge in [0.15, 0.2) is 0 Å². The van der Waals surface area contributed by atoms with Crippen LogP contribution in [0, 0.1) is 6.92 Å². The summed E-state index contributed by atoms with van der Waals surface area (Å²) in [7, 11) is 0. The molecule has 1 aromatic carbocycles. The summed E-state index contributed by atoms with van der Waals surface area (Å²) in [5, 5.41) is 0. The molecule has 0 spiro atoms. The quantitative estimate of drug-likeness (QED) is 0.722. The maximum absolute atomic E-state index is 10.1. The fourth-order valence-electron chi connectivity index (χ4n) is 0.620. The minimum absolute atomic E-state index is 0. The molecule has 0 saturated heterocycles. The first-order valence-electron chi connectivity index (χ1n) is 3.64. The van der Waals surface area contributed by atoms with Gasteiger partial charge in [-0.15, -0.1) is 12.1 Å². The second kappa shape index (κ2) is 8.54. The van der Waals surface area contributed by atoms with Crippen LogP contribution < -0.4 is 0 Å². The van der Waals surface area contributed by atoms with E-state index in [1.165, 1.54) is 0 Å². The smallest absolute Gasteiger partial charge is 0.391 e. The Morgan fingerprint density at radius 2 is 1.75 bits per heavy atom. The molecule has 0 radical (unpaired) electrons. The summed E-state index contributed by atoms with van der Waals surface area (Å²) in [5.41, 5.74) is 1.27. The Hall–Kier alpha value is -0.552. The van der Waals surface area contributed by atoms with E-state index < -0.39 is 0 Å². The monoisotopic (exact) mass is 332 g/mol. The van der Waals surface area contributed by atoms with E-state index in [9.17, 15) is 4.79 Å². The molecule has 0 unspecified atom stereocenters. The Kier molecular flexibility index (Phi) is 9.97. The third-order valence-electron chi connectivity index (χ3n) is 1.13. The first-order valence-corrected chi connectivity index (χ1v) is 3.64. The summed E-state index contributed by atoms with van der Waals surface area (Å²) in [6.07, 6.45) is 1.78. The van der Waals surface area contributed by atoms with Gasteiger partial charge in [0.1, 0.15) is 0 Å². The van der Waals surface area contributed by atoms with E-state index >= 15 is 0 Å². The van der Waals surface area contributed by atoms with Crippen molar-refractivity contribution < 1.29 is 25.9 Å². The third-order valence-corrected chi connectivity index (χ3v) is 1.13. The Balaban J connectivity index is 0. The molecule has 0 aliphatic carbocycles. The fourth-order valence-corrected chi connectivity index (χ4v) is 0.620. The first kappa shape index (κ1) is 14.0. The van der Waals surface area contributed by atoms with Gasteiger partial charge in [0.25, 0.3) is 0 Å². The first-order chi connectivity index (χ1) is 5.34. The Bertz CT molecular complexity index is 221. The van der Waals surface area contributed by atoms with Gasteiger partial charge in [0.05, 0.1) is 0 Å². The van der Waals surface area contributed by atoms with Gasteiger partial charge in [0.2, 0.25) is 0 Å². The molecular formula is C10H12OW. The van der Waals surface area contributed by atoms with E-state index in [1.807, 2.05) is 19.9 Å². The van der Waals surface area contributed by atoms with E-state index in [4.69, 9.17) is 0 Å². The number of hydrogen-bond acceptors (Lipinski definition) is 1. The van der Waals surface area contributed by atoms with E-state index in [-0.39, 0.29) is 21.1 Å². The van der Waals surface area contributed by atoms with Gasteiger partial charge in [-0.25, -0.2) is 12.1 Å². The van der Waals surface area contributed by atoms with Gasteiger partial charge in [0, 0.05) is 0 Å². The predicted molar refractivity (Wildman–Crippen MR) is 47.0 cm³/mol. The van der Waals surface area contributed by atoms with E-state index in [2.05, 4.69) is 6.92 Å². The van der Waals surface area contributed by atoms with Crippen molar-refractivity contribution in [2.75, 3.05) is 0 Å². The minimum Gasteiger partial charge on any atom is -0.391 e. The van der Waals surface area contributed by atoms with Gasteiger partial charge in [-0.3, -0.25) is 18.1 Å². The van der Waals surface area contributed by atoms with Crippen LogP contribution in [-0.4, -0.2) is 6.29 Å². The van der Waals surface area contributed by atoms with Crippen molar-refractivity contribution in [2.24, 2.45) is 0 Å². The van der Waals surface area contributed by atoms with Crippen molar-refractivity contribution in [3.8, 4) is 0 Å². The number of rotatable bonds is 1. The molecule has 0 N–H and O–H groups in total. The van der Waals surface area contributed by atoms with Crippen molar-refractivity contribution in [1.82, 2.24) is 0 Å². The van der Waals surface area contributed by atoms with E-state index in [1.54, 1.807) is 24.5 Å². The Morgan fingerprint density at radius 1 is 1.25 bits per heavy atom. The van der Waals surface area contributed by atoms with Crippen LogP contribution in [0.1, 0.15) is 25.0 Å². The van der Waals surface area contributed by atoms with Gasteiger partial charge >= 0.3 is 21.1 Å². The molecule has 0 aliphatic heterocycles. The van der Waals surface area contributed by atoms with Crippen molar-refractivity contribution >= 4 is 6.29 Å². The molecule has 0 aliphatic rings. The standard InChI is InChI=1S/C8H6O.C2H6.W/c1-7-4-2-3-5-8(7)6-9;1-2;/h2-5H,1H2;1-2H3;/q-2;;+2. The Morgan fingerprint density at radius 3 is 2.08 bits per heavy atom. The second-order valence-electron chi connectivity index (χ2n) is 1.76.